The van der Waals surface area contributed by atoms with Crippen molar-refractivity contribution in [1.82, 2.24) is 10.6 Å². The Morgan fingerprint density at radius 1 is 1.05 bits per heavy atom. The third kappa shape index (κ3) is 3.29. The summed E-state index contributed by atoms with van der Waals surface area (Å²) in [5.41, 5.74) is 3.65. The first-order valence-electron chi connectivity index (χ1n) is 6.92. The van der Waals surface area contributed by atoms with Gasteiger partial charge in [-0.25, -0.2) is 0 Å². The molecule has 0 heterocycles. The van der Waals surface area contributed by atoms with E-state index in [2.05, 4.69) is 22.8 Å². The summed E-state index contributed by atoms with van der Waals surface area (Å²) in [4.78, 5) is 25.0. The Morgan fingerprint density at radius 2 is 1.65 bits per heavy atom. The Balaban J connectivity index is 2.20. The monoisotopic (exact) mass is 275 g/mol. The molecule has 5 nitrogen and oxygen atoms in total. The van der Waals surface area contributed by atoms with E-state index in [1.54, 1.807) is 19.0 Å². The van der Waals surface area contributed by atoms with Crippen molar-refractivity contribution in [3.63, 3.8) is 0 Å². The fourth-order valence-electron chi connectivity index (χ4n) is 2.50. The van der Waals surface area contributed by atoms with Crippen LogP contribution in [-0.4, -0.2) is 39.0 Å². The lowest BCUT2D eigenvalue weighted by Crippen LogP contribution is -2.41. The summed E-state index contributed by atoms with van der Waals surface area (Å²) in [6.07, 6.45) is 3.39. The van der Waals surface area contributed by atoms with Crippen LogP contribution in [0.2, 0.25) is 0 Å². The van der Waals surface area contributed by atoms with Crippen LogP contribution in [0.4, 0.5) is 5.69 Å². The van der Waals surface area contributed by atoms with Gasteiger partial charge in [0.2, 0.25) is 11.8 Å². The van der Waals surface area contributed by atoms with Crippen LogP contribution in [0.25, 0.3) is 0 Å². The highest BCUT2D eigenvalue weighted by molar-refractivity contribution is 5.86. The summed E-state index contributed by atoms with van der Waals surface area (Å²) in [5, 5.41) is 5.19. The van der Waals surface area contributed by atoms with E-state index in [1.165, 1.54) is 17.5 Å². The number of aryl methyl sites for hydroxylation is 2. The van der Waals surface area contributed by atoms with Gasteiger partial charge in [-0.1, -0.05) is 6.07 Å². The molecule has 2 rings (SSSR count). The van der Waals surface area contributed by atoms with Crippen molar-refractivity contribution in [1.29, 1.82) is 0 Å². The summed E-state index contributed by atoms with van der Waals surface area (Å²) in [5.74, 6) is -0.205. The maximum atomic E-state index is 11.6. The molecule has 2 N–H and O–H groups in total. The Hall–Kier alpha value is -2.04. The quantitative estimate of drug-likeness (QED) is 0.821. The molecule has 5 heteroatoms. The second kappa shape index (κ2) is 6.41. The smallest absolute Gasteiger partial charge is 0.239 e. The first-order valence-corrected chi connectivity index (χ1v) is 6.92. The van der Waals surface area contributed by atoms with E-state index < -0.39 is 0 Å². The van der Waals surface area contributed by atoms with Crippen molar-refractivity contribution in [2.45, 2.75) is 19.3 Å². The van der Waals surface area contributed by atoms with E-state index in [0.717, 1.165) is 18.5 Å². The Bertz CT molecular complexity index is 496. The molecule has 0 spiro atoms. The van der Waals surface area contributed by atoms with Crippen molar-refractivity contribution >= 4 is 17.5 Å². The van der Waals surface area contributed by atoms with E-state index in [1.807, 2.05) is 6.07 Å². The highest BCUT2D eigenvalue weighted by atomic mass is 16.2. The summed E-state index contributed by atoms with van der Waals surface area (Å²) < 4.78 is 0. The SMILES string of the molecule is CNC(=O)CN(CC(=O)NC)c1ccc2c(c1)CCC2. The number of rotatable bonds is 5. The number of benzene rings is 1. The molecule has 0 atom stereocenters. The lowest BCUT2D eigenvalue weighted by molar-refractivity contribution is -0.120. The zero-order chi connectivity index (χ0) is 14.5. The summed E-state index contributed by atoms with van der Waals surface area (Å²) in [6, 6.07) is 6.21. The predicted molar refractivity (Wildman–Crippen MR) is 78.8 cm³/mol. The minimum absolute atomic E-state index is 0.102. The molecule has 0 aromatic heterocycles. The Kier molecular flexibility index (Phi) is 4.61. The molecule has 0 aliphatic heterocycles. The van der Waals surface area contributed by atoms with E-state index in [-0.39, 0.29) is 24.9 Å². The molecular formula is C15H21N3O2. The van der Waals surface area contributed by atoms with Gasteiger partial charge in [-0.2, -0.15) is 0 Å². The number of hydrogen-bond donors (Lipinski definition) is 2. The molecule has 1 aliphatic rings. The molecule has 108 valence electrons. The van der Waals surface area contributed by atoms with Gasteiger partial charge >= 0.3 is 0 Å². The molecule has 0 saturated carbocycles. The predicted octanol–water partition coefficient (Wildman–Crippen LogP) is 0.474. The van der Waals surface area contributed by atoms with Gasteiger partial charge in [0.1, 0.15) is 0 Å². The van der Waals surface area contributed by atoms with Crippen LogP contribution in [0.5, 0.6) is 0 Å². The third-order valence-corrected chi connectivity index (χ3v) is 3.67. The van der Waals surface area contributed by atoms with Gasteiger partial charge in [0, 0.05) is 19.8 Å². The normalized spacial score (nSPS) is 12.7. The minimum Gasteiger partial charge on any atom is -0.358 e. The lowest BCUT2D eigenvalue weighted by atomic mass is 10.1. The van der Waals surface area contributed by atoms with Gasteiger partial charge in [-0.05, 0) is 42.5 Å². The maximum Gasteiger partial charge on any atom is 0.239 e. The van der Waals surface area contributed by atoms with Gasteiger partial charge in [0.25, 0.3) is 0 Å². The molecule has 1 aromatic carbocycles. The average molecular weight is 275 g/mol. The highest BCUT2D eigenvalue weighted by Gasteiger charge is 2.17. The largest absolute Gasteiger partial charge is 0.358 e. The highest BCUT2D eigenvalue weighted by Crippen LogP contribution is 2.26. The van der Waals surface area contributed by atoms with Crippen molar-refractivity contribution in [3.05, 3.63) is 29.3 Å². The first kappa shape index (κ1) is 14.4. The van der Waals surface area contributed by atoms with E-state index >= 15 is 0 Å². The van der Waals surface area contributed by atoms with Crippen molar-refractivity contribution in [2.24, 2.45) is 0 Å². The fraction of sp³-hybridized carbons (Fsp3) is 0.467. The molecule has 0 radical (unpaired) electrons. The summed E-state index contributed by atoms with van der Waals surface area (Å²) in [7, 11) is 3.20. The Labute approximate surface area is 119 Å². The summed E-state index contributed by atoms with van der Waals surface area (Å²) >= 11 is 0. The zero-order valence-corrected chi connectivity index (χ0v) is 12.0. The van der Waals surface area contributed by atoms with Crippen LogP contribution in [0.15, 0.2) is 18.2 Å². The van der Waals surface area contributed by atoms with Crippen LogP contribution in [-0.2, 0) is 22.4 Å². The van der Waals surface area contributed by atoms with Crippen LogP contribution in [0, 0.1) is 0 Å². The number of likely N-dealkylation sites (N-methyl/N-ethyl adjacent to an activating group) is 2. The second-order valence-electron chi connectivity index (χ2n) is 5.01. The van der Waals surface area contributed by atoms with Gasteiger partial charge < -0.3 is 15.5 Å². The van der Waals surface area contributed by atoms with Crippen LogP contribution in [0.1, 0.15) is 17.5 Å². The molecule has 0 fully saturated rings. The number of hydrogen-bond acceptors (Lipinski definition) is 3. The van der Waals surface area contributed by atoms with Crippen LogP contribution in [0.3, 0.4) is 0 Å². The molecule has 2 amide bonds. The van der Waals surface area contributed by atoms with Gasteiger partial charge in [0.15, 0.2) is 0 Å². The number of carbonyl (C=O) groups excluding carboxylic acids is 2. The molecule has 0 unspecified atom stereocenters. The molecule has 20 heavy (non-hydrogen) atoms. The van der Waals surface area contributed by atoms with Crippen LogP contribution >= 0.6 is 0 Å². The first-order chi connectivity index (χ1) is 9.63. The summed E-state index contributed by atoms with van der Waals surface area (Å²) in [6.45, 7) is 0.366. The molecule has 1 aliphatic carbocycles. The van der Waals surface area contributed by atoms with Crippen molar-refractivity contribution in [2.75, 3.05) is 32.1 Å². The number of nitrogens with zero attached hydrogens (tertiary/aromatic N) is 1. The maximum absolute atomic E-state index is 11.6. The van der Waals surface area contributed by atoms with Gasteiger partial charge in [-0.15, -0.1) is 0 Å². The van der Waals surface area contributed by atoms with Gasteiger partial charge in [-0.3, -0.25) is 9.59 Å². The molecular weight excluding hydrogens is 254 g/mol. The number of nitrogens with one attached hydrogen (secondary N) is 2. The third-order valence-electron chi connectivity index (χ3n) is 3.67. The Morgan fingerprint density at radius 3 is 2.25 bits per heavy atom. The van der Waals surface area contributed by atoms with Crippen LogP contribution < -0.4 is 15.5 Å². The minimum atomic E-state index is -0.102. The molecule has 0 saturated heterocycles. The van der Waals surface area contributed by atoms with E-state index in [4.69, 9.17) is 0 Å². The standard InChI is InChI=1S/C15H21N3O2/c1-16-14(19)9-18(10-15(20)17-2)13-7-6-11-4-3-5-12(11)8-13/h6-8H,3-5,9-10H2,1-2H3,(H,16,19)(H,17,20). The number of carbonyl (C=O) groups is 2. The number of amides is 2. The second-order valence-corrected chi connectivity index (χ2v) is 5.01. The number of fused-ring (bicyclic) bond motifs is 1. The van der Waals surface area contributed by atoms with Crippen molar-refractivity contribution in [3.8, 4) is 0 Å². The average Bonchev–Trinajstić information content (AvgIpc) is 2.93. The number of anilines is 1. The zero-order valence-electron chi connectivity index (χ0n) is 12.0. The van der Waals surface area contributed by atoms with E-state index in [0.29, 0.717) is 0 Å². The van der Waals surface area contributed by atoms with Crippen molar-refractivity contribution < 1.29 is 9.59 Å². The van der Waals surface area contributed by atoms with E-state index in [9.17, 15) is 9.59 Å². The molecule has 1 aromatic rings. The fourth-order valence-corrected chi connectivity index (χ4v) is 2.50. The lowest BCUT2D eigenvalue weighted by Gasteiger charge is -2.23. The molecule has 0 bridgehead atoms. The topological polar surface area (TPSA) is 61.4 Å². The van der Waals surface area contributed by atoms with Gasteiger partial charge in [0.05, 0.1) is 13.1 Å².